The molecule has 1 fully saturated rings. The molecule has 2 aromatic carbocycles. The Morgan fingerprint density at radius 2 is 1.52 bits per heavy atom. The van der Waals surface area contributed by atoms with E-state index in [1.165, 1.54) is 43.5 Å². The van der Waals surface area contributed by atoms with Crippen LogP contribution in [0.15, 0.2) is 48.5 Å². The summed E-state index contributed by atoms with van der Waals surface area (Å²) in [6, 6.07) is 12.7. The standard InChI is InChI=1S/C24H31F2NO2/c1-16-4-3-5-23(17(16)2)27-14-22(28)15-29-24(18-6-10-20(25)11-7-18)19-8-12-21(26)13-9-19/h6-13,16-17,22-24,27-28H,3-5,14-15H2,1-2H3/p+1/t16-,17-,22+,23-/m1/s1. The molecule has 0 heterocycles. The molecule has 158 valence electrons. The van der Waals surface area contributed by atoms with E-state index in [0.717, 1.165) is 17.0 Å². The van der Waals surface area contributed by atoms with Gasteiger partial charge in [0, 0.05) is 5.92 Å². The van der Waals surface area contributed by atoms with Crippen LogP contribution in [-0.4, -0.2) is 30.4 Å². The lowest BCUT2D eigenvalue weighted by Crippen LogP contribution is -2.93. The predicted molar refractivity (Wildman–Crippen MR) is 109 cm³/mol. The van der Waals surface area contributed by atoms with Gasteiger partial charge in [-0.3, -0.25) is 0 Å². The number of rotatable bonds is 8. The molecular weight excluding hydrogens is 372 g/mol. The van der Waals surface area contributed by atoms with E-state index in [2.05, 4.69) is 19.2 Å². The lowest BCUT2D eigenvalue weighted by molar-refractivity contribution is -0.704. The van der Waals surface area contributed by atoms with Crippen LogP contribution in [0.3, 0.4) is 0 Å². The summed E-state index contributed by atoms with van der Waals surface area (Å²) in [4.78, 5) is 0. The third-order valence-corrected chi connectivity index (χ3v) is 6.28. The molecule has 0 unspecified atom stereocenters. The van der Waals surface area contributed by atoms with Gasteiger partial charge in [-0.25, -0.2) is 8.78 Å². The van der Waals surface area contributed by atoms with Crippen molar-refractivity contribution in [3.63, 3.8) is 0 Å². The fourth-order valence-corrected chi connectivity index (χ4v) is 4.22. The van der Waals surface area contributed by atoms with Gasteiger partial charge >= 0.3 is 0 Å². The molecule has 0 spiro atoms. The molecule has 3 nitrogen and oxygen atoms in total. The van der Waals surface area contributed by atoms with Crippen LogP contribution in [0, 0.1) is 23.5 Å². The number of benzene rings is 2. The molecule has 0 bridgehead atoms. The largest absolute Gasteiger partial charge is 0.385 e. The summed E-state index contributed by atoms with van der Waals surface area (Å²) >= 11 is 0. The normalized spacial score (nSPS) is 23.3. The molecule has 1 saturated carbocycles. The van der Waals surface area contributed by atoms with Crippen LogP contribution in [0.2, 0.25) is 0 Å². The molecule has 0 saturated heterocycles. The Kier molecular flexibility index (Phi) is 7.76. The Balaban J connectivity index is 1.60. The van der Waals surface area contributed by atoms with Crippen LogP contribution >= 0.6 is 0 Å². The zero-order valence-corrected chi connectivity index (χ0v) is 17.2. The first-order valence-corrected chi connectivity index (χ1v) is 10.6. The third-order valence-electron chi connectivity index (χ3n) is 6.28. The van der Waals surface area contributed by atoms with E-state index in [9.17, 15) is 13.9 Å². The minimum absolute atomic E-state index is 0.159. The molecule has 4 atom stereocenters. The number of ether oxygens (including phenoxy) is 1. The number of hydrogen-bond acceptors (Lipinski definition) is 2. The fourth-order valence-electron chi connectivity index (χ4n) is 4.22. The summed E-state index contributed by atoms with van der Waals surface area (Å²) < 4.78 is 32.7. The summed E-state index contributed by atoms with van der Waals surface area (Å²) in [5.74, 6) is 0.719. The van der Waals surface area contributed by atoms with Crippen molar-refractivity contribution >= 4 is 0 Å². The topological polar surface area (TPSA) is 46.1 Å². The first-order valence-electron chi connectivity index (χ1n) is 10.6. The van der Waals surface area contributed by atoms with E-state index in [0.29, 0.717) is 18.5 Å². The van der Waals surface area contributed by atoms with Crippen molar-refractivity contribution in [2.45, 2.75) is 51.4 Å². The molecular formula is C24H32F2NO2+. The Hall–Kier alpha value is -1.82. The van der Waals surface area contributed by atoms with Gasteiger partial charge in [-0.05, 0) is 60.6 Å². The molecule has 1 aliphatic rings. The molecule has 0 radical (unpaired) electrons. The summed E-state index contributed by atoms with van der Waals surface area (Å²) in [6.07, 6.45) is 2.62. The zero-order valence-electron chi connectivity index (χ0n) is 17.2. The lowest BCUT2D eigenvalue weighted by atomic mass is 9.78. The molecule has 0 aliphatic heterocycles. The van der Waals surface area contributed by atoms with Gasteiger partial charge in [-0.1, -0.05) is 38.1 Å². The van der Waals surface area contributed by atoms with Crippen molar-refractivity contribution in [1.82, 2.24) is 0 Å². The van der Waals surface area contributed by atoms with E-state index >= 15 is 0 Å². The quantitative estimate of drug-likeness (QED) is 0.703. The molecule has 1 aliphatic carbocycles. The maximum atomic E-state index is 13.3. The van der Waals surface area contributed by atoms with Crippen molar-refractivity contribution in [3.8, 4) is 0 Å². The molecule has 3 rings (SSSR count). The number of aliphatic hydroxyl groups excluding tert-OH is 1. The number of aliphatic hydroxyl groups is 1. The van der Waals surface area contributed by atoms with E-state index in [4.69, 9.17) is 4.74 Å². The number of quaternary nitrogens is 1. The Morgan fingerprint density at radius 1 is 0.966 bits per heavy atom. The van der Waals surface area contributed by atoms with Crippen molar-refractivity contribution in [2.75, 3.05) is 13.2 Å². The highest BCUT2D eigenvalue weighted by atomic mass is 19.1. The van der Waals surface area contributed by atoms with Crippen LogP contribution in [-0.2, 0) is 4.74 Å². The van der Waals surface area contributed by atoms with Crippen LogP contribution in [0.1, 0.15) is 50.3 Å². The van der Waals surface area contributed by atoms with Gasteiger partial charge in [0.1, 0.15) is 30.4 Å². The van der Waals surface area contributed by atoms with Gasteiger partial charge in [-0.15, -0.1) is 0 Å². The van der Waals surface area contributed by atoms with Gasteiger partial charge in [0.05, 0.1) is 12.6 Å². The SMILES string of the molecule is C[C@@H]1[C@H](C)CCC[C@H]1[NH2+]C[C@H](O)COC(c1ccc(F)cc1)c1ccc(F)cc1. The Bertz CT molecular complexity index is 705. The average molecular weight is 405 g/mol. The zero-order chi connectivity index (χ0) is 20.8. The number of nitrogens with two attached hydrogens (primary N) is 1. The van der Waals surface area contributed by atoms with Gasteiger partial charge in [-0.2, -0.15) is 0 Å². The van der Waals surface area contributed by atoms with Crippen molar-refractivity contribution < 1.29 is 23.9 Å². The predicted octanol–water partition coefficient (Wildman–Crippen LogP) is 3.82. The van der Waals surface area contributed by atoms with Crippen molar-refractivity contribution in [3.05, 3.63) is 71.3 Å². The smallest absolute Gasteiger partial charge is 0.126 e. The maximum Gasteiger partial charge on any atom is 0.126 e. The molecule has 3 N–H and O–H groups in total. The summed E-state index contributed by atoms with van der Waals surface area (Å²) in [5, 5.41) is 12.7. The van der Waals surface area contributed by atoms with Gasteiger partial charge in [0.15, 0.2) is 0 Å². The van der Waals surface area contributed by atoms with Crippen LogP contribution in [0.4, 0.5) is 8.78 Å². The molecule has 0 amide bonds. The first kappa shape index (κ1) is 21.9. The summed E-state index contributed by atoms with van der Waals surface area (Å²) in [6.45, 7) is 5.35. The highest BCUT2D eigenvalue weighted by Gasteiger charge is 2.30. The number of halogens is 2. The lowest BCUT2D eigenvalue weighted by Gasteiger charge is -2.32. The van der Waals surface area contributed by atoms with E-state index in [-0.39, 0.29) is 18.2 Å². The first-order chi connectivity index (χ1) is 13.9. The van der Waals surface area contributed by atoms with Gasteiger partial charge in [0.2, 0.25) is 0 Å². The van der Waals surface area contributed by atoms with E-state index in [1.54, 1.807) is 24.3 Å². The van der Waals surface area contributed by atoms with Gasteiger partial charge < -0.3 is 15.2 Å². The summed E-state index contributed by atoms with van der Waals surface area (Å²) in [7, 11) is 0. The molecule has 5 heteroatoms. The third kappa shape index (κ3) is 6.08. The van der Waals surface area contributed by atoms with E-state index in [1.807, 2.05) is 0 Å². The second-order valence-corrected chi connectivity index (χ2v) is 8.37. The summed E-state index contributed by atoms with van der Waals surface area (Å²) in [5.41, 5.74) is 1.54. The molecule has 0 aromatic heterocycles. The van der Waals surface area contributed by atoms with E-state index < -0.39 is 12.2 Å². The fraction of sp³-hybridized carbons (Fsp3) is 0.500. The van der Waals surface area contributed by atoms with Crippen LogP contribution in [0.25, 0.3) is 0 Å². The van der Waals surface area contributed by atoms with Crippen LogP contribution in [0.5, 0.6) is 0 Å². The molecule has 2 aromatic rings. The minimum Gasteiger partial charge on any atom is -0.385 e. The second-order valence-electron chi connectivity index (χ2n) is 8.37. The van der Waals surface area contributed by atoms with Crippen LogP contribution < -0.4 is 5.32 Å². The highest BCUT2D eigenvalue weighted by molar-refractivity contribution is 5.30. The maximum absolute atomic E-state index is 13.3. The van der Waals surface area contributed by atoms with Gasteiger partial charge in [0.25, 0.3) is 0 Å². The molecule has 29 heavy (non-hydrogen) atoms. The Labute approximate surface area is 172 Å². The van der Waals surface area contributed by atoms with Crippen molar-refractivity contribution in [1.29, 1.82) is 0 Å². The number of hydrogen-bond donors (Lipinski definition) is 2. The monoisotopic (exact) mass is 404 g/mol. The average Bonchev–Trinajstić information content (AvgIpc) is 2.71. The highest BCUT2D eigenvalue weighted by Crippen LogP contribution is 2.28. The van der Waals surface area contributed by atoms with Crippen molar-refractivity contribution in [2.24, 2.45) is 11.8 Å². The minimum atomic E-state index is -0.608. The Morgan fingerprint density at radius 3 is 2.07 bits per heavy atom. The second kappa shape index (κ2) is 10.3.